The van der Waals surface area contributed by atoms with Crippen LogP contribution in [0.15, 0.2) is 30.5 Å². The van der Waals surface area contributed by atoms with E-state index in [1.807, 2.05) is 25.3 Å². The molecule has 0 saturated heterocycles. The fourth-order valence-electron chi connectivity index (χ4n) is 3.49. The molecule has 0 aliphatic carbocycles. The third kappa shape index (κ3) is 6.23. The van der Waals surface area contributed by atoms with E-state index < -0.39 is 0 Å². The van der Waals surface area contributed by atoms with Gasteiger partial charge < -0.3 is 9.64 Å². The molecule has 2 aromatic rings. The summed E-state index contributed by atoms with van der Waals surface area (Å²) in [5.41, 5.74) is 3.66. The van der Waals surface area contributed by atoms with Crippen LogP contribution in [0.5, 0.6) is 5.88 Å². The molecule has 4 heteroatoms. The van der Waals surface area contributed by atoms with Crippen molar-refractivity contribution in [2.75, 3.05) is 24.6 Å². The molecule has 0 bridgehead atoms. The Labute approximate surface area is 165 Å². The van der Waals surface area contributed by atoms with Crippen molar-refractivity contribution in [3.05, 3.63) is 47.3 Å². The van der Waals surface area contributed by atoms with Gasteiger partial charge in [-0.2, -0.15) is 0 Å². The third-order valence-corrected chi connectivity index (χ3v) is 5.18. The van der Waals surface area contributed by atoms with E-state index in [1.54, 1.807) is 0 Å². The zero-order chi connectivity index (χ0) is 19.8. The minimum Gasteiger partial charge on any atom is -0.478 e. The molecule has 2 atom stereocenters. The van der Waals surface area contributed by atoms with E-state index in [4.69, 9.17) is 9.72 Å². The van der Waals surface area contributed by atoms with Crippen LogP contribution in [0.4, 0.5) is 5.82 Å². The summed E-state index contributed by atoms with van der Waals surface area (Å²) in [6.07, 6.45) is 3.98. The second-order valence-electron chi connectivity index (χ2n) is 7.60. The zero-order valence-electron chi connectivity index (χ0n) is 17.8. The smallest absolute Gasteiger partial charge is 0.213 e. The summed E-state index contributed by atoms with van der Waals surface area (Å²) in [5, 5.41) is 0. The number of hydrogen-bond donors (Lipinski definition) is 0. The summed E-state index contributed by atoms with van der Waals surface area (Å²) in [5.74, 6) is 2.82. The van der Waals surface area contributed by atoms with E-state index >= 15 is 0 Å². The van der Waals surface area contributed by atoms with Gasteiger partial charge in [-0.25, -0.2) is 9.97 Å². The van der Waals surface area contributed by atoms with Crippen LogP contribution in [0.3, 0.4) is 0 Å². The number of ether oxygens (including phenoxy) is 1. The molecule has 4 nitrogen and oxygen atoms in total. The fourth-order valence-corrected chi connectivity index (χ4v) is 3.49. The van der Waals surface area contributed by atoms with Crippen molar-refractivity contribution >= 4 is 5.82 Å². The van der Waals surface area contributed by atoms with Gasteiger partial charge in [0.1, 0.15) is 5.82 Å². The van der Waals surface area contributed by atoms with Crippen LogP contribution in [0.1, 0.15) is 63.3 Å². The maximum absolute atomic E-state index is 5.79. The predicted octanol–water partition coefficient (Wildman–Crippen LogP) is 5.54. The predicted molar refractivity (Wildman–Crippen MR) is 114 cm³/mol. The lowest BCUT2D eigenvalue weighted by Gasteiger charge is -2.23. The lowest BCUT2D eigenvalue weighted by molar-refractivity contribution is 0.266. The molecule has 0 aromatic carbocycles. The first kappa shape index (κ1) is 21.2. The Kier molecular flexibility index (Phi) is 8.08. The Morgan fingerprint density at radius 3 is 2.41 bits per heavy atom. The lowest BCUT2D eigenvalue weighted by atomic mass is 9.90. The Bertz CT molecular complexity index is 695. The lowest BCUT2D eigenvalue weighted by Crippen LogP contribution is -2.23. The van der Waals surface area contributed by atoms with Crippen molar-refractivity contribution in [2.45, 2.75) is 60.3 Å². The van der Waals surface area contributed by atoms with Gasteiger partial charge in [0.25, 0.3) is 0 Å². The van der Waals surface area contributed by atoms with Gasteiger partial charge >= 0.3 is 0 Å². The molecule has 0 radical (unpaired) electrons. The van der Waals surface area contributed by atoms with Crippen LogP contribution in [0, 0.1) is 19.8 Å². The standard InChI is InChI=1S/C23H35N3O/c1-7-26(8-2)21-11-10-19(5)23(25-21)20(6)15-17(3)13-14-27-22-12-9-18(4)16-24-22/h9-12,16-17,20H,7-8,13-15H2,1-6H3/t17?,20-/m0/s1. The molecule has 0 saturated carbocycles. The van der Waals surface area contributed by atoms with Gasteiger partial charge in [0.15, 0.2) is 0 Å². The number of nitrogens with zero attached hydrogens (tertiary/aromatic N) is 3. The average molecular weight is 370 g/mol. The third-order valence-electron chi connectivity index (χ3n) is 5.18. The number of pyridine rings is 2. The van der Waals surface area contributed by atoms with Gasteiger partial charge in [0.2, 0.25) is 5.88 Å². The highest BCUT2D eigenvalue weighted by Crippen LogP contribution is 2.28. The van der Waals surface area contributed by atoms with Crippen LogP contribution in [-0.2, 0) is 0 Å². The first-order valence-corrected chi connectivity index (χ1v) is 10.2. The first-order chi connectivity index (χ1) is 12.9. The van der Waals surface area contributed by atoms with Crippen molar-refractivity contribution in [2.24, 2.45) is 5.92 Å². The van der Waals surface area contributed by atoms with Gasteiger partial charge in [-0.1, -0.05) is 26.0 Å². The Morgan fingerprint density at radius 2 is 1.78 bits per heavy atom. The molecule has 0 aliphatic heterocycles. The van der Waals surface area contributed by atoms with Crippen molar-refractivity contribution in [3.8, 4) is 5.88 Å². The topological polar surface area (TPSA) is 38.2 Å². The fraction of sp³-hybridized carbons (Fsp3) is 0.565. The van der Waals surface area contributed by atoms with Gasteiger partial charge in [-0.3, -0.25) is 0 Å². The van der Waals surface area contributed by atoms with Gasteiger partial charge in [0.05, 0.1) is 6.61 Å². The van der Waals surface area contributed by atoms with Crippen LogP contribution in [0.2, 0.25) is 0 Å². The molecule has 148 valence electrons. The molecular weight excluding hydrogens is 334 g/mol. The van der Waals surface area contributed by atoms with Crippen LogP contribution >= 0.6 is 0 Å². The van der Waals surface area contributed by atoms with Gasteiger partial charge in [0, 0.05) is 31.0 Å². The van der Waals surface area contributed by atoms with Crippen molar-refractivity contribution in [1.29, 1.82) is 0 Å². The highest BCUT2D eigenvalue weighted by Gasteiger charge is 2.16. The van der Waals surface area contributed by atoms with Crippen LogP contribution < -0.4 is 9.64 Å². The number of aryl methyl sites for hydroxylation is 2. The van der Waals surface area contributed by atoms with Crippen LogP contribution in [0.25, 0.3) is 0 Å². The highest BCUT2D eigenvalue weighted by atomic mass is 16.5. The minimum atomic E-state index is 0.438. The monoisotopic (exact) mass is 369 g/mol. The summed E-state index contributed by atoms with van der Waals surface area (Å²) in [7, 11) is 0. The molecule has 0 aliphatic rings. The average Bonchev–Trinajstić information content (AvgIpc) is 2.65. The van der Waals surface area contributed by atoms with E-state index in [2.05, 4.69) is 56.6 Å². The summed E-state index contributed by atoms with van der Waals surface area (Å²) in [6, 6.07) is 8.33. The highest BCUT2D eigenvalue weighted by molar-refractivity contribution is 5.42. The summed E-state index contributed by atoms with van der Waals surface area (Å²) < 4.78 is 5.79. The maximum Gasteiger partial charge on any atom is 0.213 e. The molecular formula is C23H35N3O. The molecule has 2 aromatic heterocycles. The van der Waals surface area contributed by atoms with Crippen molar-refractivity contribution in [3.63, 3.8) is 0 Å². The minimum absolute atomic E-state index is 0.438. The molecule has 1 unspecified atom stereocenters. The van der Waals surface area contributed by atoms with Crippen molar-refractivity contribution in [1.82, 2.24) is 9.97 Å². The first-order valence-electron chi connectivity index (χ1n) is 10.2. The maximum atomic E-state index is 5.79. The largest absolute Gasteiger partial charge is 0.478 e. The summed E-state index contributed by atoms with van der Waals surface area (Å²) in [6.45, 7) is 15.8. The summed E-state index contributed by atoms with van der Waals surface area (Å²) in [4.78, 5) is 11.6. The van der Waals surface area contributed by atoms with E-state index in [9.17, 15) is 0 Å². The van der Waals surface area contributed by atoms with Crippen molar-refractivity contribution < 1.29 is 4.74 Å². The summed E-state index contributed by atoms with van der Waals surface area (Å²) >= 11 is 0. The zero-order valence-corrected chi connectivity index (χ0v) is 17.8. The Hall–Kier alpha value is -2.10. The molecule has 0 spiro atoms. The van der Waals surface area contributed by atoms with E-state index in [0.29, 0.717) is 24.3 Å². The van der Waals surface area contributed by atoms with Crippen LogP contribution in [-0.4, -0.2) is 29.7 Å². The SMILES string of the molecule is CCN(CC)c1ccc(C)c([C@@H](C)CC(C)CCOc2ccc(C)cn2)n1. The van der Waals surface area contributed by atoms with Gasteiger partial charge in [-0.15, -0.1) is 0 Å². The molecule has 0 fully saturated rings. The molecule has 27 heavy (non-hydrogen) atoms. The normalized spacial score (nSPS) is 13.3. The number of rotatable bonds is 10. The van der Waals surface area contributed by atoms with E-state index in [1.165, 1.54) is 11.3 Å². The molecule has 0 amide bonds. The van der Waals surface area contributed by atoms with E-state index in [-0.39, 0.29) is 0 Å². The van der Waals surface area contributed by atoms with E-state index in [0.717, 1.165) is 37.3 Å². The molecule has 0 N–H and O–H groups in total. The molecule has 2 rings (SSSR count). The quantitative estimate of drug-likeness (QED) is 0.551. The van der Waals surface area contributed by atoms with Gasteiger partial charge in [-0.05, 0) is 69.6 Å². The number of aromatic nitrogens is 2. The second kappa shape index (κ2) is 10.3. The second-order valence-corrected chi connectivity index (χ2v) is 7.60. The Morgan fingerprint density at radius 1 is 1.04 bits per heavy atom. The number of anilines is 1. The molecule has 2 heterocycles. The number of hydrogen-bond acceptors (Lipinski definition) is 4. The Balaban J connectivity index is 1.90.